The van der Waals surface area contributed by atoms with Gasteiger partial charge in [-0.2, -0.15) is 0 Å². The van der Waals surface area contributed by atoms with Crippen LogP contribution in [0.5, 0.6) is 11.5 Å². The zero-order valence-electron chi connectivity index (χ0n) is 9.44. The van der Waals surface area contributed by atoms with Gasteiger partial charge in [-0.15, -0.1) is 0 Å². The highest BCUT2D eigenvalue weighted by Crippen LogP contribution is 2.43. The van der Waals surface area contributed by atoms with Gasteiger partial charge in [-0.1, -0.05) is 12.1 Å². The maximum Gasteiger partial charge on any atom is 0.128 e. The molecule has 0 aromatic heterocycles. The molecule has 0 saturated carbocycles. The van der Waals surface area contributed by atoms with Crippen LogP contribution in [0.3, 0.4) is 0 Å². The van der Waals surface area contributed by atoms with Gasteiger partial charge >= 0.3 is 0 Å². The largest absolute Gasteiger partial charge is 0.507 e. The molecule has 0 heterocycles. The van der Waals surface area contributed by atoms with Gasteiger partial charge in [-0.3, -0.25) is 0 Å². The molecule has 4 heteroatoms. The molecule has 0 aliphatic heterocycles. The van der Waals surface area contributed by atoms with Crippen LogP contribution in [0.25, 0.3) is 11.1 Å². The summed E-state index contributed by atoms with van der Waals surface area (Å²) < 4.78 is 0. The van der Waals surface area contributed by atoms with Crippen LogP contribution >= 0.6 is 0 Å². The quantitative estimate of drug-likeness (QED) is 0.565. The number of nitrogens with two attached hydrogens (primary N) is 2. The molecule has 2 aromatic rings. The summed E-state index contributed by atoms with van der Waals surface area (Å²) in [6.07, 6.45) is 0. The molecule has 0 spiro atoms. The van der Waals surface area contributed by atoms with Crippen LogP contribution in [0, 0.1) is 6.92 Å². The van der Waals surface area contributed by atoms with Gasteiger partial charge < -0.3 is 21.7 Å². The number of phenols is 2. The lowest BCUT2D eigenvalue weighted by Gasteiger charge is -2.14. The van der Waals surface area contributed by atoms with Gasteiger partial charge in [-0.05, 0) is 30.7 Å². The molecule has 0 aliphatic carbocycles. The first-order valence-electron chi connectivity index (χ1n) is 5.18. The number of rotatable bonds is 1. The Kier molecular flexibility index (Phi) is 2.55. The lowest BCUT2D eigenvalue weighted by atomic mass is 9.97. The Labute approximate surface area is 99.1 Å². The summed E-state index contributed by atoms with van der Waals surface area (Å²) in [7, 11) is 0. The zero-order valence-corrected chi connectivity index (χ0v) is 9.44. The highest BCUT2D eigenvalue weighted by molar-refractivity contribution is 5.92. The van der Waals surface area contributed by atoms with Crippen LogP contribution in [-0.4, -0.2) is 10.2 Å². The second-order valence-electron chi connectivity index (χ2n) is 3.94. The van der Waals surface area contributed by atoms with Gasteiger partial charge in [0.15, 0.2) is 0 Å². The van der Waals surface area contributed by atoms with E-state index in [1.165, 1.54) is 6.07 Å². The third-order valence-corrected chi connectivity index (χ3v) is 2.74. The van der Waals surface area contributed by atoms with Crippen molar-refractivity contribution in [2.45, 2.75) is 6.92 Å². The fourth-order valence-corrected chi connectivity index (χ4v) is 1.80. The smallest absolute Gasteiger partial charge is 0.128 e. The first-order chi connectivity index (χ1) is 8.02. The van der Waals surface area contributed by atoms with E-state index in [2.05, 4.69) is 0 Å². The highest BCUT2D eigenvalue weighted by atomic mass is 16.3. The Balaban J connectivity index is 2.82. The summed E-state index contributed by atoms with van der Waals surface area (Å²) in [5.41, 5.74) is 13.8. The van der Waals surface area contributed by atoms with Crippen molar-refractivity contribution in [2.75, 3.05) is 11.5 Å². The monoisotopic (exact) mass is 230 g/mol. The number of anilines is 2. The van der Waals surface area contributed by atoms with E-state index in [0.717, 1.165) is 0 Å². The minimum absolute atomic E-state index is 0.00222. The van der Waals surface area contributed by atoms with E-state index in [9.17, 15) is 10.2 Å². The second-order valence-corrected chi connectivity index (χ2v) is 3.94. The summed E-state index contributed by atoms with van der Waals surface area (Å²) in [4.78, 5) is 0. The number of aryl methyl sites for hydroxylation is 1. The van der Waals surface area contributed by atoms with Crippen molar-refractivity contribution in [3.63, 3.8) is 0 Å². The van der Waals surface area contributed by atoms with Gasteiger partial charge in [0.2, 0.25) is 0 Å². The molecule has 88 valence electrons. The molecule has 0 amide bonds. The Bertz CT molecular complexity index is 560. The zero-order chi connectivity index (χ0) is 12.6. The molecular formula is C13H14N2O2. The van der Waals surface area contributed by atoms with Crippen LogP contribution in [0.1, 0.15) is 5.56 Å². The molecule has 0 atom stereocenters. The standard InChI is InChI=1S/C13H14N2O2/c1-7-5-6-9(15)12(13(7)17)11-8(14)3-2-4-10(11)16/h2-6,16-17H,14-15H2,1H3. The number of benzene rings is 2. The van der Waals surface area contributed by atoms with Crippen LogP contribution in [0.2, 0.25) is 0 Å². The number of aromatic hydroxyl groups is 2. The minimum atomic E-state index is -0.00222. The summed E-state index contributed by atoms with van der Waals surface area (Å²) in [5.74, 6) is 0.0378. The molecule has 0 bridgehead atoms. The molecule has 0 fully saturated rings. The average molecular weight is 230 g/mol. The third-order valence-electron chi connectivity index (χ3n) is 2.74. The van der Waals surface area contributed by atoms with E-state index >= 15 is 0 Å². The molecule has 4 nitrogen and oxygen atoms in total. The molecule has 0 aliphatic rings. The topological polar surface area (TPSA) is 92.5 Å². The first kappa shape index (κ1) is 11.1. The van der Waals surface area contributed by atoms with E-state index in [-0.39, 0.29) is 11.5 Å². The van der Waals surface area contributed by atoms with Crippen LogP contribution < -0.4 is 11.5 Å². The predicted molar refractivity (Wildman–Crippen MR) is 68.8 cm³/mol. The van der Waals surface area contributed by atoms with E-state index in [1.807, 2.05) is 0 Å². The predicted octanol–water partition coefficient (Wildman–Crippen LogP) is 2.24. The molecule has 17 heavy (non-hydrogen) atoms. The van der Waals surface area contributed by atoms with Crippen molar-refractivity contribution in [1.29, 1.82) is 0 Å². The maximum absolute atomic E-state index is 10.0. The van der Waals surface area contributed by atoms with Crippen molar-refractivity contribution in [3.05, 3.63) is 35.9 Å². The SMILES string of the molecule is Cc1ccc(N)c(-c2c(N)cccc2O)c1O. The molecule has 0 unspecified atom stereocenters. The summed E-state index contributed by atoms with van der Waals surface area (Å²) in [5, 5.41) is 19.9. The van der Waals surface area contributed by atoms with Gasteiger partial charge in [0.05, 0.1) is 11.1 Å². The normalized spacial score (nSPS) is 10.4. The number of phenolic OH excluding ortho intramolecular Hbond substituents is 2. The van der Waals surface area contributed by atoms with Gasteiger partial charge in [0.25, 0.3) is 0 Å². The molecule has 6 N–H and O–H groups in total. The molecule has 2 rings (SSSR count). The molecule has 2 aromatic carbocycles. The van der Waals surface area contributed by atoms with Crippen molar-refractivity contribution in [2.24, 2.45) is 0 Å². The van der Waals surface area contributed by atoms with Crippen molar-refractivity contribution in [3.8, 4) is 22.6 Å². The van der Waals surface area contributed by atoms with Crippen molar-refractivity contribution >= 4 is 11.4 Å². The fraction of sp³-hybridized carbons (Fsp3) is 0.0769. The Morgan fingerprint density at radius 2 is 1.53 bits per heavy atom. The van der Waals surface area contributed by atoms with E-state index in [1.54, 1.807) is 31.2 Å². The van der Waals surface area contributed by atoms with Crippen molar-refractivity contribution in [1.82, 2.24) is 0 Å². The second kappa shape index (κ2) is 3.90. The van der Waals surface area contributed by atoms with E-state index in [0.29, 0.717) is 28.1 Å². The summed E-state index contributed by atoms with van der Waals surface area (Å²) >= 11 is 0. The fourth-order valence-electron chi connectivity index (χ4n) is 1.80. The average Bonchev–Trinajstić information content (AvgIpc) is 2.28. The van der Waals surface area contributed by atoms with Crippen LogP contribution in [-0.2, 0) is 0 Å². The minimum Gasteiger partial charge on any atom is -0.507 e. The van der Waals surface area contributed by atoms with E-state index < -0.39 is 0 Å². The van der Waals surface area contributed by atoms with Gasteiger partial charge in [0.1, 0.15) is 11.5 Å². The summed E-state index contributed by atoms with van der Waals surface area (Å²) in [6, 6.07) is 8.18. The summed E-state index contributed by atoms with van der Waals surface area (Å²) in [6.45, 7) is 1.76. The van der Waals surface area contributed by atoms with Crippen LogP contribution in [0.15, 0.2) is 30.3 Å². The van der Waals surface area contributed by atoms with Gasteiger partial charge in [-0.25, -0.2) is 0 Å². The Morgan fingerprint density at radius 1 is 0.882 bits per heavy atom. The van der Waals surface area contributed by atoms with E-state index in [4.69, 9.17) is 11.5 Å². The molecule has 0 saturated heterocycles. The Hall–Kier alpha value is -2.36. The lowest BCUT2D eigenvalue weighted by Crippen LogP contribution is -1.96. The lowest BCUT2D eigenvalue weighted by molar-refractivity contribution is 0.467. The highest BCUT2D eigenvalue weighted by Gasteiger charge is 2.16. The maximum atomic E-state index is 10.0. The third kappa shape index (κ3) is 1.73. The first-order valence-corrected chi connectivity index (χ1v) is 5.18. The molecular weight excluding hydrogens is 216 g/mol. The van der Waals surface area contributed by atoms with Crippen molar-refractivity contribution < 1.29 is 10.2 Å². The Morgan fingerprint density at radius 3 is 2.18 bits per heavy atom. The number of hydrogen-bond acceptors (Lipinski definition) is 4. The number of nitrogen functional groups attached to an aromatic ring is 2. The molecule has 0 radical (unpaired) electrons. The van der Waals surface area contributed by atoms with Gasteiger partial charge in [0, 0.05) is 11.4 Å². The van der Waals surface area contributed by atoms with Crippen LogP contribution in [0.4, 0.5) is 11.4 Å². The number of hydrogen-bond donors (Lipinski definition) is 4.